The van der Waals surface area contributed by atoms with Crippen molar-refractivity contribution >= 4 is 40.6 Å². The third-order valence-electron chi connectivity index (χ3n) is 3.61. The van der Waals surface area contributed by atoms with Crippen LogP contribution in [-0.4, -0.2) is 36.5 Å². The van der Waals surface area contributed by atoms with Gasteiger partial charge in [0.25, 0.3) is 0 Å². The highest BCUT2D eigenvalue weighted by Crippen LogP contribution is 2.20. The van der Waals surface area contributed by atoms with E-state index in [2.05, 4.69) is 25.6 Å². The Labute approximate surface area is 163 Å². The van der Waals surface area contributed by atoms with Gasteiger partial charge in [0.1, 0.15) is 10.7 Å². The molecule has 3 heterocycles. The molecule has 0 radical (unpaired) electrons. The minimum absolute atomic E-state index is 0.127. The van der Waals surface area contributed by atoms with Gasteiger partial charge in [-0.05, 0) is 48.5 Å². The molecule has 0 atom stereocenters. The molecule has 4 rings (SSSR count). The Bertz CT molecular complexity index is 1080. The van der Waals surface area contributed by atoms with Gasteiger partial charge in [0.2, 0.25) is 11.7 Å². The highest BCUT2D eigenvalue weighted by molar-refractivity contribution is 7.99. The van der Waals surface area contributed by atoms with Crippen molar-refractivity contribution in [2.24, 2.45) is 0 Å². The Kier molecular flexibility index (Phi) is 4.99. The smallest absolute Gasteiger partial charge is 0.234 e. The highest BCUT2D eigenvalue weighted by Gasteiger charge is 2.12. The van der Waals surface area contributed by atoms with Gasteiger partial charge in [-0.15, -0.1) is 10.2 Å². The van der Waals surface area contributed by atoms with Gasteiger partial charge < -0.3 is 5.32 Å². The number of rotatable bonds is 5. The maximum atomic E-state index is 12.1. The molecule has 4 aromatic rings. The number of anilines is 1. The summed E-state index contributed by atoms with van der Waals surface area (Å²) < 4.78 is 1.63. The second kappa shape index (κ2) is 7.73. The molecule has 0 bridgehead atoms. The van der Waals surface area contributed by atoms with E-state index in [-0.39, 0.29) is 11.7 Å². The molecule has 3 aromatic heterocycles. The van der Waals surface area contributed by atoms with Crippen molar-refractivity contribution in [2.75, 3.05) is 11.1 Å². The largest absolute Gasteiger partial charge is 0.325 e. The number of amides is 1. The van der Waals surface area contributed by atoms with Crippen LogP contribution in [0.3, 0.4) is 0 Å². The van der Waals surface area contributed by atoms with Crippen molar-refractivity contribution in [1.29, 1.82) is 0 Å². The van der Waals surface area contributed by atoms with Crippen LogP contribution in [0.5, 0.6) is 0 Å². The number of nitrogens with one attached hydrogen (secondary N) is 1. The van der Waals surface area contributed by atoms with Gasteiger partial charge in [-0.25, -0.2) is 0 Å². The quantitative estimate of drug-likeness (QED) is 0.519. The van der Waals surface area contributed by atoms with Crippen LogP contribution in [-0.2, 0) is 4.79 Å². The zero-order valence-electron chi connectivity index (χ0n) is 13.9. The number of hydrogen-bond donors (Lipinski definition) is 1. The third-order valence-corrected chi connectivity index (χ3v) is 4.78. The first-order chi connectivity index (χ1) is 13.2. The molecule has 0 spiro atoms. The minimum atomic E-state index is -0.127. The van der Waals surface area contributed by atoms with Gasteiger partial charge in [-0.1, -0.05) is 29.4 Å². The predicted octanol–water partition coefficient (Wildman–Crippen LogP) is 3.57. The number of nitrogens with zero attached hydrogens (tertiary/aromatic N) is 5. The summed E-state index contributed by atoms with van der Waals surface area (Å²) in [5, 5.41) is 16.9. The molecule has 134 valence electrons. The maximum absolute atomic E-state index is 12.1. The first-order valence-corrected chi connectivity index (χ1v) is 9.37. The van der Waals surface area contributed by atoms with Crippen LogP contribution in [0.25, 0.3) is 17.2 Å². The van der Waals surface area contributed by atoms with Gasteiger partial charge in [0, 0.05) is 16.9 Å². The van der Waals surface area contributed by atoms with E-state index in [4.69, 9.17) is 11.6 Å². The molecular weight excluding hydrogens is 384 g/mol. The number of halogens is 1. The van der Waals surface area contributed by atoms with Crippen LogP contribution in [0.1, 0.15) is 0 Å². The third kappa shape index (κ3) is 4.07. The fourth-order valence-corrected chi connectivity index (χ4v) is 3.15. The van der Waals surface area contributed by atoms with E-state index >= 15 is 0 Å². The topological polar surface area (TPSA) is 85.1 Å². The Morgan fingerprint density at radius 1 is 1.07 bits per heavy atom. The van der Waals surface area contributed by atoms with Crippen LogP contribution >= 0.6 is 23.4 Å². The van der Waals surface area contributed by atoms with Crippen molar-refractivity contribution < 1.29 is 4.79 Å². The minimum Gasteiger partial charge on any atom is -0.325 e. The number of carbonyl (C=O) groups is 1. The zero-order valence-corrected chi connectivity index (χ0v) is 15.5. The number of carbonyl (C=O) groups excluding carboxylic acids is 1. The van der Waals surface area contributed by atoms with E-state index in [0.29, 0.717) is 32.9 Å². The molecule has 0 fully saturated rings. The van der Waals surface area contributed by atoms with Crippen molar-refractivity contribution in [3.63, 3.8) is 0 Å². The van der Waals surface area contributed by atoms with E-state index in [1.54, 1.807) is 35.0 Å². The lowest BCUT2D eigenvalue weighted by Crippen LogP contribution is -2.14. The first-order valence-electron chi connectivity index (χ1n) is 8.01. The van der Waals surface area contributed by atoms with Crippen LogP contribution in [0.4, 0.5) is 5.69 Å². The van der Waals surface area contributed by atoms with Crippen molar-refractivity contribution in [3.8, 4) is 11.5 Å². The fourth-order valence-electron chi connectivity index (χ4n) is 2.37. The SMILES string of the molecule is O=C(CSc1ccc2nnc(-c3ccccn3)n2n1)Nc1ccc(Cl)cc1. The predicted molar refractivity (Wildman–Crippen MR) is 105 cm³/mol. The van der Waals surface area contributed by atoms with Gasteiger partial charge in [-0.3, -0.25) is 9.78 Å². The van der Waals surface area contributed by atoms with E-state index in [0.717, 1.165) is 0 Å². The standard InChI is InChI=1S/C18H13ClN6OS/c19-12-4-6-13(7-5-12)21-16(26)11-27-17-9-8-15-22-23-18(25(15)24-17)14-3-1-2-10-20-14/h1-10H,11H2,(H,21,26). The molecule has 0 unspecified atom stereocenters. The lowest BCUT2D eigenvalue weighted by molar-refractivity contribution is -0.113. The van der Waals surface area contributed by atoms with Crippen LogP contribution in [0.2, 0.25) is 5.02 Å². The molecule has 0 saturated carbocycles. The number of hydrogen-bond acceptors (Lipinski definition) is 6. The number of benzene rings is 1. The van der Waals surface area contributed by atoms with Gasteiger partial charge in [-0.2, -0.15) is 9.61 Å². The number of thioether (sulfide) groups is 1. The number of pyridine rings is 1. The molecule has 0 aliphatic carbocycles. The average molecular weight is 397 g/mol. The normalized spacial score (nSPS) is 10.9. The lowest BCUT2D eigenvalue weighted by Gasteiger charge is -2.05. The van der Waals surface area contributed by atoms with Crippen molar-refractivity contribution in [2.45, 2.75) is 5.03 Å². The maximum Gasteiger partial charge on any atom is 0.234 e. The molecule has 1 aromatic carbocycles. The Hall–Kier alpha value is -2.97. The summed E-state index contributed by atoms with van der Waals surface area (Å²) in [7, 11) is 0. The molecule has 1 amide bonds. The summed E-state index contributed by atoms with van der Waals surface area (Å²) in [5.41, 5.74) is 2.00. The molecule has 9 heteroatoms. The Morgan fingerprint density at radius 3 is 2.70 bits per heavy atom. The molecule has 0 aliphatic heterocycles. The Balaban J connectivity index is 1.47. The number of aromatic nitrogens is 5. The summed E-state index contributed by atoms with van der Waals surface area (Å²) in [6, 6.07) is 16.1. The van der Waals surface area contributed by atoms with Crippen molar-refractivity contribution in [1.82, 2.24) is 24.8 Å². The van der Waals surface area contributed by atoms with Crippen LogP contribution in [0.15, 0.2) is 65.8 Å². The molecule has 0 aliphatic rings. The second-order valence-corrected chi connectivity index (χ2v) is 6.96. The molecule has 7 nitrogen and oxygen atoms in total. The van der Waals surface area contributed by atoms with Crippen molar-refractivity contribution in [3.05, 3.63) is 65.8 Å². The summed E-state index contributed by atoms with van der Waals surface area (Å²) in [5.74, 6) is 0.652. The first kappa shape index (κ1) is 17.4. The number of fused-ring (bicyclic) bond motifs is 1. The van der Waals surface area contributed by atoms with E-state index in [9.17, 15) is 4.79 Å². The molecule has 1 N–H and O–H groups in total. The molecule has 0 saturated heterocycles. The summed E-state index contributed by atoms with van der Waals surface area (Å²) in [4.78, 5) is 16.4. The summed E-state index contributed by atoms with van der Waals surface area (Å²) in [6.45, 7) is 0. The highest BCUT2D eigenvalue weighted by atomic mass is 35.5. The fraction of sp³-hybridized carbons (Fsp3) is 0.0556. The zero-order chi connectivity index (χ0) is 18.6. The van der Waals surface area contributed by atoms with E-state index < -0.39 is 0 Å². The molecule has 27 heavy (non-hydrogen) atoms. The summed E-state index contributed by atoms with van der Waals surface area (Å²) >= 11 is 7.17. The van der Waals surface area contributed by atoms with Crippen LogP contribution < -0.4 is 5.32 Å². The van der Waals surface area contributed by atoms with E-state index in [1.807, 2.05) is 30.3 Å². The van der Waals surface area contributed by atoms with Crippen LogP contribution in [0, 0.1) is 0 Å². The monoisotopic (exact) mass is 396 g/mol. The summed E-state index contributed by atoms with van der Waals surface area (Å²) in [6.07, 6.45) is 1.69. The molecular formula is C18H13ClN6OS. The van der Waals surface area contributed by atoms with Gasteiger partial charge >= 0.3 is 0 Å². The van der Waals surface area contributed by atoms with E-state index in [1.165, 1.54) is 11.8 Å². The van der Waals surface area contributed by atoms with Gasteiger partial charge in [0.15, 0.2) is 5.65 Å². The second-order valence-electron chi connectivity index (χ2n) is 5.52. The van der Waals surface area contributed by atoms with Gasteiger partial charge in [0.05, 0.1) is 5.75 Å². The Morgan fingerprint density at radius 2 is 1.93 bits per heavy atom. The lowest BCUT2D eigenvalue weighted by atomic mass is 10.3. The average Bonchev–Trinajstić information content (AvgIpc) is 3.12.